The molecule has 0 fully saturated rings. The summed E-state index contributed by atoms with van der Waals surface area (Å²) in [6, 6.07) is 8.03. The molecule has 0 aliphatic carbocycles. The molecule has 0 atom stereocenters. The van der Waals surface area contributed by atoms with E-state index in [0.29, 0.717) is 10.6 Å². The fourth-order valence-corrected chi connectivity index (χ4v) is 3.07. The second-order valence-electron chi connectivity index (χ2n) is 6.57. The first-order valence-electron chi connectivity index (χ1n) is 9.31. The lowest BCUT2D eigenvalue weighted by molar-refractivity contribution is -0.395. The van der Waals surface area contributed by atoms with Gasteiger partial charge in [0.1, 0.15) is 11.3 Å². The molecule has 3 aromatic rings. The molecule has 1 amide bonds. The first kappa shape index (κ1) is 23.3. The quantitative estimate of drug-likeness (QED) is 0.293. The highest BCUT2D eigenvalue weighted by molar-refractivity contribution is 6.30. The number of aromatic nitrogens is 1. The van der Waals surface area contributed by atoms with Crippen molar-refractivity contribution in [3.8, 4) is 11.3 Å². The van der Waals surface area contributed by atoms with Gasteiger partial charge >= 0.3 is 5.97 Å². The number of nitrogens with zero attached hydrogens (tertiary/aromatic N) is 3. The van der Waals surface area contributed by atoms with E-state index in [1.165, 1.54) is 6.92 Å². The van der Waals surface area contributed by atoms with Crippen LogP contribution in [0.25, 0.3) is 11.3 Å². The van der Waals surface area contributed by atoms with Crippen LogP contribution < -0.4 is 5.32 Å². The van der Waals surface area contributed by atoms with Gasteiger partial charge in [0.2, 0.25) is 5.88 Å². The van der Waals surface area contributed by atoms with Crippen molar-refractivity contribution in [1.29, 1.82) is 0 Å². The van der Waals surface area contributed by atoms with Gasteiger partial charge in [-0.2, -0.15) is 0 Å². The van der Waals surface area contributed by atoms with Gasteiger partial charge in [-0.25, -0.2) is 4.79 Å². The highest BCUT2D eigenvalue weighted by atomic mass is 35.5. The number of amides is 1. The molecular weight excluding hydrogens is 460 g/mol. The molecule has 3 rings (SSSR count). The molecule has 33 heavy (non-hydrogen) atoms. The van der Waals surface area contributed by atoms with Gasteiger partial charge in [0.05, 0.1) is 22.0 Å². The van der Waals surface area contributed by atoms with Crippen molar-refractivity contribution in [2.24, 2.45) is 0 Å². The Kier molecular flexibility index (Phi) is 6.68. The molecule has 170 valence electrons. The summed E-state index contributed by atoms with van der Waals surface area (Å²) in [7, 11) is 0. The molecule has 0 saturated carbocycles. The van der Waals surface area contributed by atoms with Crippen molar-refractivity contribution in [1.82, 2.24) is 5.16 Å². The maximum Gasteiger partial charge on any atom is 0.346 e. The maximum atomic E-state index is 12.8. The molecule has 1 heterocycles. The zero-order valence-corrected chi connectivity index (χ0v) is 17.9. The summed E-state index contributed by atoms with van der Waals surface area (Å²) < 4.78 is 10.2. The van der Waals surface area contributed by atoms with Crippen LogP contribution >= 0.6 is 11.6 Å². The Morgan fingerprint density at radius 2 is 1.70 bits per heavy atom. The minimum Gasteiger partial charge on any atom is -0.462 e. The van der Waals surface area contributed by atoms with E-state index < -0.39 is 44.5 Å². The Morgan fingerprint density at radius 3 is 2.21 bits per heavy atom. The molecule has 0 radical (unpaired) electrons. The number of nitro benzene ring substituents is 2. The van der Waals surface area contributed by atoms with Gasteiger partial charge in [-0.15, -0.1) is 0 Å². The highest BCUT2D eigenvalue weighted by Gasteiger charge is 2.29. The van der Waals surface area contributed by atoms with Crippen LogP contribution in [0.2, 0.25) is 5.02 Å². The Bertz CT molecular complexity index is 1230. The number of hydrogen-bond acceptors (Lipinski definition) is 9. The van der Waals surface area contributed by atoms with Gasteiger partial charge in [-0.3, -0.25) is 30.3 Å². The number of nitro groups is 2. The molecule has 0 unspecified atom stereocenters. The summed E-state index contributed by atoms with van der Waals surface area (Å²) >= 11 is 5.89. The van der Waals surface area contributed by atoms with E-state index in [2.05, 4.69) is 10.5 Å². The van der Waals surface area contributed by atoms with E-state index >= 15 is 0 Å². The molecule has 12 nitrogen and oxygen atoms in total. The normalized spacial score (nSPS) is 10.5. The number of carbonyl (C=O) groups excluding carboxylic acids is 2. The second kappa shape index (κ2) is 9.44. The number of benzene rings is 2. The monoisotopic (exact) mass is 474 g/mol. The first-order valence-corrected chi connectivity index (χ1v) is 9.69. The van der Waals surface area contributed by atoms with Crippen LogP contribution in [0.3, 0.4) is 0 Å². The zero-order valence-electron chi connectivity index (χ0n) is 17.2. The number of rotatable bonds is 7. The average molecular weight is 475 g/mol. The van der Waals surface area contributed by atoms with Gasteiger partial charge in [-0.05, 0) is 26.0 Å². The van der Waals surface area contributed by atoms with Crippen molar-refractivity contribution >= 4 is 40.7 Å². The second-order valence-corrected chi connectivity index (χ2v) is 7.01. The number of nitrogens with one attached hydrogen (secondary N) is 1. The lowest BCUT2D eigenvalue weighted by Gasteiger charge is -2.07. The average Bonchev–Trinajstić information content (AvgIpc) is 3.17. The summed E-state index contributed by atoms with van der Waals surface area (Å²) in [5.41, 5.74) is -1.53. The van der Waals surface area contributed by atoms with Crippen LogP contribution in [0.1, 0.15) is 33.2 Å². The Labute approximate surface area is 190 Å². The standard InChI is InChI=1S/C20H15ClN4O8/c1-3-32-20(27)16-17(11-4-6-13(21)7-5-11)23-33-19(16)22-18(26)12-8-14(24(28)29)10(2)15(9-12)25(30)31/h4-9H,3H2,1-2H3,(H,22,26). The van der Waals surface area contributed by atoms with Crippen LogP contribution in [0, 0.1) is 27.2 Å². The van der Waals surface area contributed by atoms with Gasteiger partial charge in [0.25, 0.3) is 17.3 Å². The smallest absolute Gasteiger partial charge is 0.346 e. The zero-order chi connectivity index (χ0) is 24.3. The molecule has 1 aromatic heterocycles. The van der Waals surface area contributed by atoms with Gasteiger partial charge < -0.3 is 9.26 Å². The number of halogens is 1. The van der Waals surface area contributed by atoms with Crippen molar-refractivity contribution in [2.75, 3.05) is 11.9 Å². The molecule has 0 aliphatic rings. The van der Waals surface area contributed by atoms with Crippen molar-refractivity contribution in [3.05, 3.63) is 78.3 Å². The molecule has 1 N–H and O–H groups in total. The minimum absolute atomic E-state index is 0.0216. The predicted octanol–water partition coefficient (Wildman–Crippen LogP) is 4.55. The fourth-order valence-electron chi connectivity index (χ4n) is 2.94. The summed E-state index contributed by atoms with van der Waals surface area (Å²) in [5.74, 6) is -2.24. The van der Waals surface area contributed by atoms with Crippen LogP contribution in [0.4, 0.5) is 17.3 Å². The molecule has 2 aromatic carbocycles. The van der Waals surface area contributed by atoms with Crippen LogP contribution in [-0.2, 0) is 4.74 Å². The Balaban J connectivity index is 2.05. The van der Waals surface area contributed by atoms with E-state index in [0.717, 1.165) is 12.1 Å². The van der Waals surface area contributed by atoms with Crippen molar-refractivity contribution in [3.63, 3.8) is 0 Å². The summed E-state index contributed by atoms with van der Waals surface area (Å²) in [4.78, 5) is 46.2. The topological polar surface area (TPSA) is 168 Å². The lowest BCUT2D eigenvalue weighted by atomic mass is 10.1. The third kappa shape index (κ3) is 4.80. The third-order valence-electron chi connectivity index (χ3n) is 4.52. The first-order chi connectivity index (χ1) is 15.6. The molecular formula is C20H15ClN4O8. The fraction of sp³-hybridized carbons (Fsp3) is 0.150. The number of anilines is 1. The largest absolute Gasteiger partial charge is 0.462 e. The van der Waals surface area contributed by atoms with Gasteiger partial charge in [0.15, 0.2) is 5.56 Å². The van der Waals surface area contributed by atoms with Crippen molar-refractivity contribution in [2.45, 2.75) is 13.8 Å². The Hall–Kier alpha value is -4.32. The molecule has 0 spiro atoms. The summed E-state index contributed by atoms with van der Waals surface area (Å²) in [6.07, 6.45) is 0. The van der Waals surface area contributed by atoms with Crippen LogP contribution in [0.5, 0.6) is 0 Å². The van der Waals surface area contributed by atoms with Crippen molar-refractivity contribution < 1.29 is 28.7 Å². The van der Waals surface area contributed by atoms with E-state index in [4.69, 9.17) is 20.9 Å². The number of ether oxygens (including phenoxy) is 1. The summed E-state index contributed by atoms with van der Waals surface area (Å²) in [5, 5.41) is 29.1. The van der Waals surface area contributed by atoms with Crippen LogP contribution in [0.15, 0.2) is 40.9 Å². The van der Waals surface area contributed by atoms with Crippen LogP contribution in [-0.4, -0.2) is 33.5 Å². The number of hydrogen-bond donors (Lipinski definition) is 1. The Morgan fingerprint density at radius 1 is 1.12 bits per heavy atom. The highest BCUT2D eigenvalue weighted by Crippen LogP contribution is 2.32. The minimum atomic E-state index is -0.995. The van der Waals surface area contributed by atoms with E-state index in [1.807, 2.05) is 0 Å². The lowest BCUT2D eigenvalue weighted by Crippen LogP contribution is -2.16. The summed E-state index contributed by atoms with van der Waals surface area (Å²) in [6.45, 7) is 2.80. The SMILES string of the molecule is CCOC(=O)c1c(-c2ccc(Cl)cc2)noc1NC(=O)c1cc([N+](=O)[O-])c(C)c([N+](=O)[O-])c1. The maximum absolute atomic E-state index is 12.8. The number of esters is 1. The van der Waals surface area contributed by atoms with Gasteiger partial charge in [0, 0.05) is 22.7 Å². The predicted molar refractivity (Wildman–Crippen MR) is 115 cm³/mol. The van der Waals surface area contributed by atoms with E-state index in [9.17, 15) is 29.8 Å². The molecule has 0 bridgehead atoms. The molecule has 0 saturated heterocycles. The molecule has 13 heteroatoms. The third-order valence-corrected chi connectivity index (χ3v) is 4.78. The molecule has 0 aliphatic heterocycles. The number of carbonyl (C=O) groups is 2. The van der Waals surface area contributed by atoms with Gasteiger partial charge in [-0.1, -0.05) is 28.9 Å². The van der Waals surface area contributed by atoms with E-state index in [-0.39, 0.29) is 23.4 Å². The van der Waals surface area contributed by atoms with E-state index in [1.54, 1.807) is 31.2 Å².